The van der Waals surface area contributed by atoms with E-state index in [1.165, 1.54) is 6.42 Å². The molecule has 0 aromatic heterocycles. The van der Waals surface area contributed by atoms with Crippen molar-refractivity contribution in [1.82, 2.24) is 4.90 Å². The molecule has 0 aliphatic carbocycles. The molecule has 3 nitrogen and oxygen atoms in total. The molecule has 4 heteroatoms. The van der Waals surface area contributed by atoms with Gasteiger partial charge < -0.3 is 14.5 Å². The van der Waals surface area contributed by atoms with E-state index in [9.17, 15) is 0 Å². The van der Waals surface area contributed by atoms with E-state index in [0.29, 0.717) is 0 Å². The van der Waals surface area contributed by atoms with Crippen LogP contribution in [0.25, 0.3) is 0 Å². The van der Waals surface area contributed by atoms with Gasteiger partial charge in [-0.15, -0.1) is 17.0 Å². The zero-order chi connectivity index (χ0) is 11.4. The quantitative estimate of drug-likeness (QED) is 0.849. The molecule has 1 aromatic carbocycles. The maximum Gasteiger partial charge on any atom is 0.142 e. The zero-order valence-corrected chi connectivity index (χ0v) is 12.0. The van der Waals surface area contributed by atoms with Gasteiger partial charge >= 0.3 is 0 Å². The summed E-state index contributed by atoms with van der Waals surface area (Å²) in [6.45, 7) is 4.20. The Hall–Kier alpha value is -1.16. The minimum absolute atomic E-state index is 0. The first-order valence-corrected chi connectivity index (χ1v) is 5.67. The first-order valence-electron chi connectivity index (χ1n) is 5.67. The van der Waals surface area contributed by atoms with E-state index in [0.717, 1.165) is 24.7 Å². The van der Waals surface area contributed by atoms with E-state index in [4.69, 9.17) is 4.74 Å². The van der Waals surface area contributed by atoms with E-state index in [-0.39, 0.29) is 17.0 Å². The van der Waals surface area contributed by atoms with Gasteiger partial charge in [-0.25, -0.2) is 0 Å². The summed E-state index contributed by atoms with van der Waals surface area (Å²) >= 11 is 0. The number of nitrogens with zero attached hydrogens (tertiary/aromatic N) is 2. The summed E-state index contributed by atoms with van der Waals surface area (Å²) in [6, 6.07) is 8.10. The Bertz CT molecular complexity index is 381. The molecule has 0 radical (unpaired) electrons. The van der Waals surface area contributed by atoms with Crippen LogP contribution in [0.2, 0.25) is 0 Å². The second-order valence-electron chi connectivity index (χ2n) is 3.89. The fraction of sp³-hybridized carbons (Fsp3) is 0.385. The molecule has 0 fully saturated rings. The Kier molecular flexibility index (Phi) is 5.35. The monoisotopic (exact) mass is 298 g/mol. The van der Waals surface area contributed by atoms with Gasteiger partial charge in [0.2, 0.25) is 0 Å². The molecule has 0 saturated heterocycles. The molecule has 0 unspecified atom stereocenters. The SMILES string of the molecule is Br.CCCN1C=CN(c2ccccc2OC)C1. The lowest BCUT2D eigenvalue weighted by molar-refractivity contribution is 0.397. The van der Waals surface area contributed by atoms with Crippen molar-refractivity contribution in [3.8, 4) is 5.75 Å². The lowest BCUT2D eigenvalue weighted by atomic mass is 10.3. The lowest BCUT2D eigenvalue weighted by Crippen LogP contribution is -2.25. The van der Waals surface area contributed by atoms with E-state index in [1.54, 1.807) is 7.11 Å². The van der Waals surface area contributed by atoms with Crippen LogP contribution in [-0.2, 0) is 0 Å². The second-order valence-corrected chi connectivity index (χ2v) is 3.89. The number of benzene rings is 1. The van der Waals surface area contributed by atoms with Crippen molar-refractivity contribution < 1.29 is 4.74 Å². The molecular formula is C13H19BrN2O. The van der Waals surface area contributed by atoms with Gasteiger partial charge in [0.1, 0.15) is 5.75 Å². The number of rotatable bonds is 4. The summed E-state index contributed by atoms with van der Waals surface area (Å²) in [7, 11) is 1.71. The highest BCUT2D eigenvalue weighted by Crippen LogP contribution is 2.29. The van der Waals surface area contributed by atoms with Crippen molar-refractivity contribution in [3.63, 3.8) is 0 Å². The summed E-state index contributed by atoms with van der Waals surface area (Å²) < 4.78 is 5.36. The predicted molar refractivity (Wildman–Crippen MR) is 76.8 cm³/mol. The average molecular weight is 299 g/mol. The molecule has 0 saturated carbocycles. The van der Waals surface area contributed by atoms with Crippen molar-refractivity contribution in [2.75, 3.05) is 25.2 Å². The first kappa shape index (κ1) is 13.9. The number of hydrogen-bond donors (Lipinski definition) is 0. The van der Waals surface area contributed by atoms with Gasteiger partial charge in [-0.1, -0.05) is 19.1 Å². The van der Waals surface area contributed by atoms with Crippen LogP contribution in [-0.4, -0.2) is 25.2 Å². The van der Waals surface area contributed by atoms with Crippen LogP contribution in [0.5, 0.6) is 5.75 Å². The fourth-order valence-electron chi connectivity index (χ4n) is 1.92. The van der Waals surface area contributed by atoms with Crippen molar-refractivity contribution in [1.29, 1.82) is 0 Å². The van der Waals surface area contributed by atoms with Crippen molar-refractivity contribution >= 4 is 22.7 Å². The Morgan fingerprint density at radius 3 is 2.71 bits per heavy atom. The van der Waals surface area contributed by atoms with Gasteiger partial charge in [-0.05, 0) is 18.6 Å². The Labute approximate surface area is 113 Å². The maximum atomic E-state index is 5.36. The number of methoxy groups -OCH3 is 1. The predicted octanol–water partition coefficient (Wildman–Crippen LogP) is 3.23. The smallest absolute Gasteiger partial charge is 0.142 e. The maximum absolute atomic E-state index is 5.36. The highest BCUT2D eigenvalue weighted by atomic mass is 79.9. The minimum Gasteiger partial charge on any atom is -0.495 e. The van der Waals surface area contributed by atoms with E-state index < -0.39 is 0 Å². The third-order valence-corrected chi connectivity index (χ3v) is 2.70. The third-order valence-electron chi connectivity index (χ3n) is 2.70. The number of halogens is 1. The fourth-order valence-corrected chi connectivity index (χ4v) is 1.92. The van der Waals surface area contributed by atoms with Crippen LogP contribution >= 0.6 is 17.0 Å². The topological polar surface area (TPSA) is 15.7 Å². The van der Waals surface area contributed by atoms with Crippen LogP contribution in [0, 0.1) is 0 Å². The summed E-state index contributed by atoms with van der Waals surface area (Å²) in [4.78, 5) is 4.50. The number of para-hydroxylation sites is 2. The summed E-state index contributed by atoms with van der Waals surface area (Å²) in [5.41, 5.74) is 1.12. The highest BCUT2D eigenvalue weighted by molar-refractivity contribution is 8.93. The first-order chi connectivity index (χ1) is 7.85. The molecule has 0 bridgehead atoms. The van der Waals surface area contributed by atoms with Crippen LogP contribution in [0.1, 0.15) is 13.3 Å². The molecule has 1 aliphatic rings. The van der Waals surface area contributed by atoms with Crippen molar-refractivity contribution in [2.24, 2.45) is 0 Å². The molecular weight excluding hydrogens is 280 g/mol. The standard InChI is InChI=1S/C13H18N2O.BrH/c1-3-8-14-9-10-15(11-14)12-6-4-5-7-13(12)16-2;/h4-7,9-10H,3,8,11H2,1-2H3;1H. The Balaban J connectivity index is 0.00000144. The van der Waals surface area contributed by atoms with Gasteiger partial charge in [-0.3, -0.25) is 0 Å². The Morgan fingerprint density at radius 1 is 1.24 bits per heavy atom. The van der Waals surface area contributed by atoms with E-state index in [2.05, 4.69) is 35.2 Å². The number of hydrogen-bond acceptors (Lipinski definition) is 3. The highest BCUT2D eigenvalue weighted by Gasteiger charge is 2.15. The van der Waals surface area contributed by atoms with Gasteiger partial charge in [0.25, 0.3) is 0 Å². The number of anilines is 1. The van der Waals surface area contributed by atoms with Crippen LogP contribution in [0.3, 0.4) is 0 Å². The summed E-state index contributed by atoms with van der Waals surface area (Å²) in [6.07, 6.45) is 5.41. The van der Waals surface area contributed by atoms with Gasteiger partial charge in [0.15, 0.2) is 0 Å². The number of ether oxygens (including phenoxy) is 1. The molecule has 0 N–H and O–H groups in total. The van der Waals surface area contributed by atoms with Crippen LogP contribution in [0.4, 0.5) is 5.69 Å². The van der Waals surface area contributed by atoms with E-state index >= 15 is 0 Å². The molecule has 17 heavy (non-hydrogen) atoms. The molecule has 1 heterocycles. The summed E-state index contributed by atoms with van der Waals surface area (Å²) in [5.74, 6) is 0.922. The largest absolute Gasteiger partial charge is 0.495 e. The second kappa shape index (κ2) is 6.55. The molecule has 0 atom stereocenters. The van der Waals surface area contributed by atoms with Crippen LogP contribution < -0.4 is 9.64 Å². The molecule has 2 rings (SSSR count). The molecule has 0 amide bonds. The Morgan fingerprint density at radius 2 is 2.00 bits per heavy atom. The third kappa shape index (κ3) is 3.16. The minimum atomic E-state index is 0. The zero-order valence-electron chi connectivity index (χ0n) is 10.3. The van der Waals surface area contributed by atoms with Crippen molar-refractivity contribution in [2.45, 2.75) is 13.3 Å². The van der Waals surface area contributed by atoms with Crippen LogP contribution in [0.15, 0.2) is 36.7 Å². The molecule has 1 aliphatic heterocycles. The molecule has 1 aromatic rings. The van der Waals surface area contributed by atoms with Crippen molar-refractivity contribution in [3.05, 3.63) is 36.7 Å². The summed E-state index contributed by atoms with van der Waals surface area (Å²) in [5, 5.41) is 0. The normalized spacial score (nSPS) is 13.8. The molecule has 0 spiro atoms. The lowest BCUT2D eigenvalue weighted by Gasteiger charge is -2.22. The average Bonchev–Trinajstić information content (AvgIpc) is 2.78. The van der Waals surface area contributed by atoms with Gasteiger partial charge in [0.05, 0.1) is 19.5 Å². The van der Waals surface area contributed by atoms with E-state index in [1.807, 2.05) is 18.2 Å². The van der Waals surface area contributed by atoms with Gasteiger partial charge in [0, 0.05) is 18.9 Å². The molecule has 94 valence electrons. The van der Waals surface area contributed by atoms with Gasteiger partial charge in [-0.2, -0.15) is 0 Å².